The summed E-state index contributed by atoms with van der Waals surface area (Å²) in [6.07, 6.45) is 0. The standard InChI is InChI=1S/C19H18BrN3O2S/c1-13-5-3-4-6-17(13)25-11-18-21-22-19(23(18)2)26-12-16(24)14-7-9-15(20)10-8-14/h3-10H,11-12H2,1-2H3. The number of aryl methyl sites for hydroxylation is 1. The number of hydrogen-bond donors (Lipinski definition) is 0. The van der Waals surface area contributed by atoms with E-state index in [0.717, 1.165) is 15.8 Å². The van der Waals surface area contributed by atoms with Crippen molar-refractivity contribution in [2.24, 2.45) is 7.05 Å². The van der Waals surface area contributed by atoms with Gasteiger partial charge in [0.2, 0.25) is 0 Å². The third-order valence-corrected chi connectivity index (χ3v) is 5.42. The number of aromatic nitrogens is 3. The van der Waals surface area contributed by atoms with Crippen LogP contribution in [0.4, 0.5) is 0 Å². The van der Waals surface area contributed by atoms with Crippen LogP contribution in [0.5, 0.6) is 5.75 Å². The summed E-state index contributed by atoms with van der Waals surface area (Å²) in [4.78, 5) is 12.3. The van der Waals surface area contributed by atoms with Crippen LogP contribution in [0.1, 0.15) is 21.7 Å². The molecule has 0 bridgehead atoms. The minimum atomic E-state index is 0.0585. The largest absolute Gasteiger partial charge is 0.485 e. The Bertz CT molecular complexity index is 909. The molecule has 0 saturated carbocycles. The van der Waals surface area contributed by atoms with Crippen molar-refractivity contribution in [1.82, 2.24) is 14.8 Å². The average molecular weight is 432 g/mol. The summed E-state index contributed by atoms with van der Waals surface area (Å²) in [5.41, 5.74) is 1.76. The number of Topliss-reactive ketones (excluding diaryl/α,β-unsaturated/α-hetero) is 1. The number of thioether (sulfide) groups is 1. The van der Waals surface area contributed by atoms with Gasteiger partial charge in [0.1, 0.15) is 12.4 Å². The van der Waals surface area contributed by atoms with Crippen molar-refractivity contribution >= 4 is 33.5 Å². The van der Waals surface area contributed by atoms with E-state index in [-0.39, 0.29) is 5.78 Å². The van der Waals surface area contributed by atoms with Crippen LogP contribution in [-0.4, -0.2) is 26.3 Å². The van der Waals surface area contributed by atoms with Crippen LogP contribution < -0.4 is 4.74 Å². The lowest BCUT2D eigenvalue weighted by molar-refractivity contribution is 0.102. The number of carbonyl (C=O) groups is 1. The Labute approximate surface area is 164 Å². The second-order valence-corrected chi connectivity index (χ2v) is 7.59. The fourth-order valence-corrected chi connectivity index (χ4v) is 3.40. The predicted octanol–water partition coefficient (Wildman–Crippen LogP) is 4.44. The molecule has 134 valence electrons. The summed E-state index contributed by atoms with van der Waals surface area (Å²) in [5.74, 6) is 1.91. The molecule has 1 aromatic heterocycles. The molecule has 5 nitrogen and oxygen atoms in total. The first kappa shape index (κ1) is 18.7. The molecule has 0 aliphatic heterocycles. The second kappa shape index (κ2) is 8.51. The Balaban J connectivity index is 1.59. The van der Waals surface area contributed by atoms with Crippen molar-refractivity contribution in [3.63, 3.8) is 0 Å². The van der Waals surface area contributed by atoms with Gasteiger partial charge in [-0.1, -0.05) is 58.0 Å². The summed E-state index contributed by atoms with van der Waals surface area (Å²) in [6, 6.07) is 15.2. The Morgan fingerprint density at radius 1 is 1.15 bits per heavy atom. The molecule has 1 heterocycles. The van der Waals surface area contributed by atoms with Gasteiger partial charge in [-0.2, -0.15) is 0 Å². The molecule has 0 saturated heterocycles. The van der Waals surface area contributed by atoms with E-state index in [4.69, 9.17) is 4.74 Å². The van der Waals surface area contributed by atoms with E-state index >= 15 is 0 Å². The number of ether oxygens (including phenoxy) is 1. The quantitative estimate of drug-likeness (QED) is 0.408. The average Bonchev–Trinajstić information content (AvgIpc) is 2.99. The van der Waals surface area contributed by atoms with E-state index in [0.29, 0.717) is 28.9 Å². The van der Waals surface area contributed by atoms with Gasteiger partial charge >= 0.3 is 0 Å². The molecule has 3 rings (SSSR count). The third-order valence-electron chi connectivity index (χ3n) is 3.87. The highest BCUT2D eigenvalue weighted by atomic mass is 79.9. The molecule has 0 amide bonds. The zero-order valence-corrected chi connectivity index (χ0v) is 16.9. The Morgan fingerprint density at radius 2 is 1.88 bits per heavy atom. The van der Waals surface area contributed by atoms with Crippen LogP contribution in [0.2, 0.25) is 0 Å². The van der Waals surface area contributed by atoms with Crippen molar-refractivity contribution in [2.75, 3.05) is 5.75 Å². The first-order valence-corrected chi connectivity index (χ1v) is 9.80. The summed E-state index contributed by atoms with van der Waals surface area (Å²) in [7, 11) is 1.88. The van der Waals surface area contributed by atoms with Crippen LogP contribution in [-0.2, 0) is 13.7 Å². The van der Waals surface area contributed by atoms with Crippen molar-refractivity contribution in [1.29, 1.82) is 0 Å². The molecule has 2 aromatic carbocycles. The fourth-order valence-electron chi connectivity index (χ4n) is 2.31. The maximum absolute atomic E-state index is 12.3. The predicted molar refractivity (Wildman–Crippen MR) is 106 cm³/mol. The van der Waals surface area contributed by atoms with E-state index in [1.54, 1.807) is 0 Å². The first-order chi connectivity index (χ1) is 12.5. The smallest absolute Gasteiger partial charge is 0.191 e. The SMILES string of the molecule is Cc1ccccc1OCc1nnc(SCC(=O)c2ccc(Br)cc2)n1C. The zero-order chi connectivity index (χ0) is 18.5. The second-order valence-electron chi connectivity index (χ2n) is 5.73. The molecule has 0 aliphatic rings. The van der Waals surface area contributed by atoms with Crippen LogP contribution >= 0.6 is 27.7 Å². The minimum Gasteiger partial charge on any atom is -0.485 e. The molecule has 0 N–H and O–H groups in total. The monoisotopic (exact) mass is 431 g/mol. The van der Waals surface area contributed by atoms with Gasteiger partial charge in [-0.25, -0.2) is 0 Å². The van der Waals surface area contributed by atoms with Crippen LogP contribution in [0.25, 0.3) is 0 Å². The van der Waals surface area contributed by atoms with Gasteiger partial charge < -0.3 is 9.30 Å². The molecule has 0 fully saturated rings. The van der Waals surface area contributed by atoms with Crippen molar-refractivity contribution in [2.45, 2.75) is 18.7 Å². The molecule has 0 unspecified atom stereocenters. The number of rotatable bonds is 7. The van der Waals surface area contributed by atoms with Crippen LogP contribution in [0.15, 0.2) is 58.2 Å². The van der Waals surface area contributed by atoms with Gasteiger partial charge in [-0.3, -0.25) is 4.79 Å². The highest BCUT2D eigenvalue weighted by Gasteiger charge is 2.13. The molecular weight excluding hydrogens is 414 g/mol. The number of carbonyl (C=O) groups excluding carboxylic acids is 1. The van der Waals surface area contributed by atoms with Gasteiger partial charge in [-0.15, -0.1) is 10.2 Å². The molecule has 0 atom stereocenters. The summed E-state index contributed by atoms with van der Waals surface area (Å²) in [6.45, 7) is 2.33. The normalized spacial score (nSPS) is 10.7. The molecule has 26 heavy (non-hydrogen) atoms. The maximum atomic E-state index is 12.3. The topological polar surface area (TPSA) is 57.0 Å². The van der Waals surface area contributed by atoms with Gasteiger partial charge in [-0.05, 0) is 30.7 Å². The molecule has 0 radical (unpaired) electrons. The number of ketones is 1. The third kappa shape index (κ3) is 4.53. The van der Waals surface area contributed by atoms with Gasteiger partial charge in [0.05, 0.1) is 5.75 Å². The van der Waals surface area contributed by atoms with Gasteiger partial charge in [0, 0.05) is 17.1 Å². The Morgan fingerprint density at radius 3 is 2.62 bits per heavy atom. The molecule has 3 aromatic rings. The van der Waals surface area contributed by atoms with Gasteiger partial charge in [0.25, 0.3) is 0 Å². The zero-order valence-electron chi connectivity index (χ0n) is 14.5. The van der Waals surface area contributed by atoms with E-state index in [2.05, 4.69) is 26.1 Å². The van der Waals surface area contributed by atoms with Gasteiger partial charge in [0.15, 0.2) is 16.8 Å². The highest BCUT2D eigenvalue weighted by molar-refractivity contribution is 9.10. The summed E-state index contributed by atoms with van der Waals surface area (Å²) >= 11 is 4.74. The van der Waals surface area contributed by atoms with E-state index in [1.165, 1.54) is 11.8 Å². The number of hydrogen-bond acceptors (Lipinski definition) is 5. The number of nitrogens with zero attached hydrogens (tertiary/aromatic N) is 3. The minimum absolute atomic E-state index is 0.0585. The van der Waals surface area contributed by atoms with Crippen LogP contribution in [0.3, 0.4) is 0 Å². The lowest BCUT2D eigenvalue weighted by Crippen LogP contribution is -2.06. The lowest BCUT2D eigenvalue weighted by Gasteiger charge is -2.08. The molecule has 0 spiro atoms. The van der Waals surface area contributed by atoms with E-state index < -0.39 is 0 Å². The van der Waals surface area contributed by atoms with Crippen molar-refractivity contribution < 1.29 is 9.53 Å². The number of benzene rings is 2. The molecular formula is C19H18BrN3O2S. The number of para-hydroxylation sites is 1. The summed E-state index contributed by atoms with van der Waals surface area (Å²) < 4.78 is 8.63. The highest BCUT2D eigenvalue weighted by Crippen LogP contribution is 2.21. The lowest BCUT2D eigenvalue weighted by atomic mass is 10.2. The fraction of sp³-hybridized carbons (Fsp3) is 0.211. The summed E-state index contributed by atoms with van der Waals surface area (Å²) in [5, 5.41) is 9.03. The molecule has 0 aliphatic carbocycles. The maximum Gasteiger partial charge on any atom is 0.191 e. The van der Waals surface area contributed by atoms with Crippen molar-refractivity contribution in [3.05, 3.63) is 70.0 Å². The van der Waals surface area contributed by atoms with Crippen molar-refractivity contribution in [3.8, 4) is 5.75 Å². The van der Waals surface area contributed by atoms with Crippen LogP contribution in [0, 0.1) is 6.92 Å². The Kier molecular flexibility index (Phi) is 6.11. The van der Waals surface area contributed by atoms with E-state index in [1.807, 2.05) is 67.1 Å². The first-order valence-electron chi connectivity index (χ1n) is 8.03. The Hall–Kier alpha value is -2.12. The number of halogens is 1. The van der Waals surface area contributed by atoms with E-state index in [9.17, 15) is 4.79 Å². The molecule has 7 heteroatoms.